The smallest absolute Gasteiger partial charge is 0.253 e. The number of piperidine rings is 1. The number of likely N-dealkylation sites (tertiary alicyclic amines) is 2. The van der Waals surface area contributed by atoms with Crippen molar-refractivity contribution in [3.63, 3.8) is 0 Å². The number of benzene rings is 2. The minimum Gasteiger partial charge on any atom is -0.457 e. The number of carbonyl (C=O) groups is 3. The third-order valence-electron chi connectivity index (χ3n) is 6.52. The molecule has 3 amide bonds. The Bertz CT molecular complexity index is 972. The molecule has 0 bridgehead atoms. The summed E-state index contributed by atoms with van der Waals surface area (Å²) in [4.78, 5) is 40.9. The molecule has 0 aliphatic carbocycles. The van der Waals surface area contributed by atoms with E-state index in [1.807, 2.05) is 9.80 Å². The van der Waals surface area contributed by atoms with Gasteiger partial charge in [-0.1, -0.05) is 12.8 Å². The van der Waals surface area contributed by atoms with Crippen LogP contribution < -0.4 is 10.5 Å². The Hall–Kier alpha value is -3.35. The minimum atomic E-state index is -0.486. The summed E-state index contributed by atoms with van der Waals surface area (Å²) in [5.41, 5.74) is 6.27. The van der Waals surface area contributed by atoms with Gasteiger partial charge in [0.1, 0.15) is 11.5 Å². The van der Waals surface area contributed by atoms with Gasteiger partial charge in [-0.15, -0.1) is 0 Å². The van der Waals surface area contributed by atoms with Crippen molar-refractivity contribution >= 4 is 17.7 Å². The van der Waals surface area contributed by atoms with Gasteiger partial charge >= 0.3 is 0 Å². The maximum absolute atomic E-state index is 12.9. The molecule has 2 heterocycles. The molecule has 33 heavy (non-hydrogen) atoms. The van der Waals surface area contributed by atoms with Crippen LogP contribution in [0, 0.1) is 5.92 Å². The van der Waals surface area contributed by atoms with Gasteiger partial charge in [0.2, 0.25) is 11.8 Å². The van der Waals surface area contributed by atoms with Gasteiger partial charge in [0.05, 0.1) is 0 Å². The Kier molecular flexibility index (Phi) is 7.27. The van der Waals surface area contributed by atoms with E-state index in [2.05, 4.69) is 0 Å². The van der Waals surface area contributed by atoms with E-state index in [4.69, 9.17) is 10.5 Å². The fourth-order valence-electron chi connectivity index (χ4n) is 4.55. The number of hydrogen-bond donors (Lipinski definition) is 1. The van der Waals surface area contributed by atoms with Gasteiger partial charge < -0.3 is 20.3 Å². The molecular weight excluding hydrogens is 418 g/mol. The van der Waals surface area contributed by atoms with Gasteiger partial charge in [-0.25, -0.2) is 0 Å². The molecule has 7 nitrogen and oxygen atoms in total. The van der Waals surface area contributed by atoms with Crippen LogP contribution in [0.15, 0.2) is 48.5 Å². The van der Waals surface area contributed by atoms with E-state index in [-0.39, 0.29) is 17.7 Å². The van der Waals surface area contributed by atoms with Crippen LogP contribution >= 0.6 is 0 Å². The number of primary amides is 1. The predicted molar refractivity (Wildman–Crippen MR) is 125 cm³/mol. The van der Waals surface area contributed by atoms with Crippen molar-refractivity contribution in [2.75, 3.05) is 26.2 Å². The second-order valence-electron chi connectivity index (χ2n) is 8.82. The molecule has 2 fully saturated rings. The summed E-state index contributed by atoms with van der Waals surface area (Å²) in [5, 5.41) is 0. The molecule has 0 atom stereocenters. The highest BCUT2D eigenvalue weighted by Crippen LogP contribution is 2.25. The normalized spacial score (nSPS) is 17.3. The van der Waals surface area contributed by atoms with Crippen LogP contribution in [0.25, 0.3) is 0 Å². The highest BCUT2D eigenvalue weighted by molar-refractivity contribution is 5.94. The first-order chi connectivity index (χ1) is 16.0. The van der Waals surface area contributed by atoms with E-state index in [1.165, 1.54) is 12.8 Å². The molecular formula is C26H31N3O4. The van der Waals surface area contributed by atoms with Crippen molar-refractivity contribution in [1.29, 1.82) is 0 Å². The highest BCUT2D eigenvalue weighted by atomic mass is 16.5. The van der Waals surface area contributed by atoms with Crippen molar-refractivity contribution in [1.82, 2.24) is 9.80 Å². The Morgan fingerprint density at radius 3 is 1.73 bits per heavy atom. The first-order valence-electron chi connectivity index (χ1n) is 11.8. The van der Waals surface area contributed by atoms with Gasteiger partial charge in [0.15, 0.2) is 0 Å². The molecule has 2 aliphatic heterocycles. The van der Waals surface area contributed by atoms with E-state index in [0.717, 1.165) is 38.8 Å². The van der Waals surface area contributed by atoms with Crippen molar-refractivity contribution < 1.29 is 19.1 Å². The van der Waals surface area contributed by atoms with Gasteiger partial charge in [0.25, 0.3) is 5.91 Å². The second kappa shape index (κ2) is 10.5. The molecule has 0 spiro atoms. The lowest BCUT2D eigenvalue weighted by Gasteiger charge is -2.34. The topological polar surface area (TPSA) is 92.9 Å². The zero-order valence-corrected chi connectivity index (χ0v) is 18.9. The van der Waals surface area contributed by atoms with Gasteiger partial charge in [0, 0.05) is 43.2 Å². The number of nitrogens with two attached hydrogens (primary N) is 1. The van der Waals surface area contributed by atoms with E-state index in [9.17, 15) is 14.4 Å². The quantitative estimate of drug-likeness (QED) is 0.751. The summed E-state index contributed by atoms with van der Waals surface area (Å²) in [7, 11) is 0. The Balaban J connectivity index is 1.29. The number of carbonyl (C=O) groups excluding carboxylic acids is 3. The third-order valence-corrected chi connectivity index (χ3v) is 6.52. The number of ether oxygens (including phenoxy) is 1. The van der Waals surface area contributed by atoms with Crippen LogP contribution in [0.1, 0.15) is 59.2 Å². The Morgan fingerprint density at radius 2 is 1.21 bits per heavy atom. The number of hydrogen-bond acceptors (Lipinski definition) is 4. The average Bonchev–Trinajstić information content (AvgIpc) is 3.14. The predicted octanol–water partition coefficient (Wildman–Crippen LogP) is 3.83. The van der Waals surface area contributed by atoms with Crippen LogP contribution in [0.2, 0.25) is 0 Å². The first kappa shape index (κ1) is 22.8. The Labute approximate surface area is 194 Å². The second-order valence-corrected chi connectivity index (χ2v) is 8.82. The number of rotatable bonds is 5. The molecule has 7 heteroatoms. The molecule has 2 saturated heterocycles. The summed E-state index contributed by atoms with van der Waals surface area (Å²) in [6.07, 6.45) is 6.07. The summed E-state index contributed by atoms with van der Waals surface area (Å²) in [6, 6.07) is 13.6. The average molecular weight is 450 g/mol. The SMILES string of the molecule is NC(=O)c1ccc(Oc2ccc(C(=O)N3CCC(C(=O)N4CCCCCC4)CC3)cc2)cc1. The number of nitrogens with zero attached hydrogens (tertiary/aromatic N) is 2. The number of amides is 3. The molecule has 2 aromatic rings. The monoisotopic (exact) mass is 449 g/mol. The summed E-state index contributed by atoms with van der Waals surface area (Å²) in [5.74, 6) is 0.974. The molecule has 0 radical (unpaired) electrons. The molecule has 2 N–H and O–H groups in total. The molecule has 0 unspecified atom stereocenters. The fourth-order valence-corrected chi connectivity index (χ4v) is 4.55. The molecule has 2 aliphatic rings. The fraction of sp³-hybridized carbons (Fsp3) is 0.423. The minimum absolute atomic E-state index is 0.0203. The van der Waals surface area contributed by atoms with Crippen molar-refractivity contribution in [2.45, 2.75) is 38.5 Å². The van der Waals surface area contributed by atoms with Crippen LogP contribution in [0.3, 0.4) is 0 Å². The van der Waals surface area contributed by atoms with Gasteiger partial charge in [-0.05, 0) is 74.2 Å². The highest BCUT2D eigenvalue weighted by Gasteiger charge is 2.30. The molecule has 2 aromatic carbocycles. The third kappa shape index (κ3) is 5.72. The maximum Gasteiger partial charge on any atom is 0.253 e. The van der Waals surface area contributed by atoms with Crippen LogP contribution in [-0.2, 0) is 4.79 Å². The maximum atomic E-state index is 12.9. The lowest BCUT2D eigenvalue weighted by molar-refractivity contribution is -0.136. The van der Waals surface area contributed by atoms with E-state index in [1.54, 1.807) is 48.5 Å². The molecule has 0 aromatic heterocycles. The van der Waals surface area contributed by atoms with Crippen molar-refractivity contribution in [3.8, 4) is 11.5 Å². The Morgan fingerprint density at radius 1 is 0.697 bits per heavy atom. The van der Waals surface area contributed by atoms with Crippen molar-refractivity contribution in [2.24, 2.45) is 11.7 Å². The van der Waals surface area contributed by atoms with E-state index in [0.29, 0.717) is 35.7 Å². The molecule has 174 valence electrons. The van der Waals surface area contributed by atoms with Crippen LogP contribution in [-0.4, -0.2) is 53.7 Å². The zero-order chi connectivity index (χ0) is 23.2. The zero-order valence-electron chi connectivity index (χ0n) is 18.9. The lowest BCUT2D eigenvalue weighted by Crippen LogP contribution is -2.44. The summed E-state index contributed by atoms with van der Waals surface area (Å²) in [6.45, 7) is 2.96. The molecule has 0 saturated carbocycles. The molecule has 4 rings (SSSR count). The van der Waals surface area contributed by atoms with Crippen LogP contribution in [0.5, 0.6) is 11.5 Å². The van der Waals surface area contributed by atoms with Gasteiger partial charge in [-0.3, -0.25) is 14.4 Å². The van der Waals surface area contributed by atoms with E-state index < -0.39 is 5.91 Å². The van der Waals surface area contributed by atoms with E-state index >= 15 is 0 Å². The standard InChI is InChI=1S/C26H31N3O4/c27-24(30)19-5-9-22(10-6-19)33-23-11-7-20(8-12-23)25(31)29-17-13-21(14-18-29)26(32)28-15-3-1-2-4-16-28/h5-12,21H,1-4,13-18H2,(H2,27,30). The summed E-state index contributed by atoms with van der Waals surface area (Å²) < 4.78 is 5.78. The van der Waals surface area contributed by atoms with Crippen LogP contribution in [0.4, 0.5) is 0 Å². The first-order valence-corrected chi connectivity index (χ1v) is 11.8. The summed E-state index contributed by atoms with van der Waals surface area (Å²) >= 11 is 0. The lowest BCUT2D eigenvalue weighted by atomic mass is 9.94. The van der Waals surface area contributed by atoms with Gasteiger partial charge in [-0.2, -0.15) is 0 Å². The largest absolute Gasteiger partial charge is 0.457 e. The van der Waals surface area contributed by atoms with Crippen molar-refractivity contribution in [3.05, 3.63) is 59.7 Å².